The Hall–Kier alpha value is -1.36. The van der Waals surface area contributed by atoms with Crippen molar-refractivity contribution in [1.82, 2.24) is 9.55 Å². The number of esters is 1. The summed E-state index contributed by atoms with van der Waals surface area (Å²) in [5.41, 5.74) is 0.471. The highest BCUT2D eigenvalue weighted by molar-refractivity contribution is 5.75. The quantitative estimate of drug-likeness (QED) is 0.715. The number of ether oxygens (including phenoxy) is 1. The molecule has 78 valence electrons. The average molecular weight is 198 g/mol. The summed E-state index contributed by atoms with van der Waals surface area (Å²) in [6.45, 7) is 2.73. The first kappa shape index (κ1) is 10.7. The Morgan fingerprint density at radius 1 is 1.79 bits per heavy atom. The van der Waals surface area contributed by atoms with E-state index in [2.05, 4.69) is 9.72 Å². The zero-order chi connectivity index (χ0) is 10.6. The molecule has 0 saturated carbocycles. The Balaban J connectivity index is 2.83. The maximum atomic E-state index is 11.1. The molecule has 5 heteroatoms. The largest absolute Gasteiger partial charge is 0.467 e. The lowest BCUT2D eigenvalue weighted by Crippen LogP contribution is -2.17. The first-order valence-electron chi connectivity index (χ1n) is 4.46. The van der Waals surface area contributed by atoms with E-state index in [1.807, 2.05) is 6.92 Å². The van der Waals surface area contributed by atoms with E-state index in [9.17, 15) is 9.90 Å². The van der Waals surface area contributed by atoms with Crippen molar-refractivity contribution in [3.05, 3.63) is 18.2 Å². The van der Waals surface area contributed by atoms with Crippen molar-refractivity contribution in [3.8, 4) is 0 Å². The summed E-state index contributed by atoms with van der Waals surface area (Å²) >= 11 is 0. The zero-order valence-electron chi connectivity index (χ0n) is 8.30. The summed E-state index contributed by atoms with van der Waals surface area (Å²) in [5, 5.41) is 9.55. The predicted molar refractivity (Wildman–Crippen MR) is 49.5 cm³/mol. The number of methoxy groups -OCH3 is 1. The van der Waals surface area contributed by atoms with Gasteiger partial charge in [-0.25, -0.2) is 9.78 Å². The fourth-order valence-electron chi connectivity index (χ4n) is 1.22. The molecule has 0 saturated heterocycles. The van der Waals surface area contributed by atoms with Gasteiger partial charge in [0.25, 0.3) is 0 Å². The van der Waals surface area contributed by atoms with Crippen LogP contribution >= 0.6 is 0 Å². The monoisotopic (exact) mass is 198 g/mol. The lowest BCUT2D eigenvalue weighted by Gasteiger charge is -2.10. The molecule has 1 N–H and O–H groups in total. The summed E-state index contributed by atoms with van der Waals surface area (Å²) < 4.78 is 6.18. The smallest absolute Gasteiger partial charge is 0.341 e. The molecule has 0 bridgehead atoms. The third kappa shape index (κ3) is 2.11. The van der Waals surface area contributed by atoms with Crippen molar-refractivity contribution in [2.45, 2.75) is 26.0 Å². The number of aliphatic hydroxyl groups excluding tert-OH is 1. The maximum Gasteiger partial charge on any atom is 0.341 e. The highest BCUT2D eigenvalue weighted by Gasteiger charge is 2.21. The zero-order valence-corrected chi connectivity index (χ0v) is 8.30. The number of imidazole rings is 1. The second kappa shape index (κ2) is 4.76. The first-order chi connectivity index (χ1) is 6.70. The molecule has 1 aromatic rings. The molecule has 5 nitrogen and oxygen atoms in total. The molecule has 0 aliphatic carbocycles. The van der Waals surface area contributed by atoms with Crippen LogP contribution in [0.1, 0.15) is 25.1 Å². The van der Waals surface area contributed by atoms with Crippen LogP contribution in [-0.4, -0.2) is 27.7 Å². The molecule has 1 rings (SSSR count). The molecule has 1 unspecified atom stereocenters. The molecular formula is C9H14N2O3. The lowest BCUT2D eigenvalue weighted by molar-refractivity contribution is -0.151. The Kier molecular flexibility index (Phi) is 3.64. The standard InChI is InChI=1S/C9H14N2O3/c1-3-4-11-6-10-5-7(11)8(12)9(13)14-2/h5-6,8,12H,3-4H2,1-2H3. The van der Waals surface area contributed by atoms with Gasteiger partial charge in [0.1, 0.15) is 0 Å². The highest BCUT2D eigenvalue weighted by Crippen LogP contribution is 2.13. The molecule has 0 aromatic carbocycles. The number of aliphatic hydroxyl groups is 1. The van der Waals surface area contributed by atoms with Crippen molar-refractivity contribution in [3.63, 3.8) is 0 Å². The number of carbonyl (C=O) groups excluding carboxylic acids is 1. The van der Waals surface area contributed by atoms with Crippen molar-refractivity contribution in [1.29, 1.82) is 0 Å². The third-order valence-electron chi connectivity index (χ3n) is 1.91. The Bertz CT molecular complexity index is 309. The summed E-state index contributed by atoms with van der Waals surface area (Å²) in [5.74, 6) is -0.664. The van der Waals surface area contributed by atoms with Crippen molar-refractivity contribution < 1.29 is 14.6 Å². The van der Waals surface area contributed by atoms with Crippen LogP contribution in [0.25, 0.3) is 0 Å². The number of hydrogen-bond acceptors (Lipinski definition) is 4. The molecule has 1 heterocycles. The van der Waals surface area contributed by atoms with Crippen molar-refractivity contribution in [2.75, 3.05) is 7.11 Å². The van der Waals surface area contributed by atoms with E-state index < -0.39 is 12.1 Å². The fourth-order valence-corrected chi connectivity index (χ4v) is 1.22. The van der Waals surface area contributed by atoms with Gasteiger partial charge in [-0.15, -0.1) is 0 Å². The van der Waals surface area contributed by atoms with Crippen LogP contribution in [0, 0.1) is 0 Å². The van der Waals surface area contributed by atoms with Crippen molar-refractivity contribution in [2.24, 2.45) is 0 Å². The molecule has 0 spiro atoms. The van der Waals surface area contributed by atoms with E-state index in [0.29, 0.717) is 5.69 Å². The fraction of sp³-hybridized carbons (Fsp3) is 0.556. The van der Waals surface area contributed by atoms with Gasteiger partial charge in [0, 0.05) is 6.54 Å². The van der Waals surface area contributed by atoms with Gasteiger partial charge in [-0.2, -0.15) is 0 Å². The van der Waals surface area contributed by atoms with E-state index in [0.717, 1.165) is 13.0 Å². The SMILES string of the molecule is CCCn1cncc1C(O)C(=O)OC. The second-order valence-corrected chi connectivity index (χ2v) is 2.94. The molecule has 14 heavy (non-hydrogen) atoms. The summed E-state index contributed by atoms with van der Waals surface area (Å²) in [7, 11) is 1.24. The Labute approximate surface area is 82.3 Å². The second-order valence-electron chi connectivity index (χ2n) is 2.94. The number of nitrogens with zero attached hydrogens (tertiary/aromatic N) is 2. The van der Waals surface area contributed by atoms with Gasteiger partial charge in [0.05, 0.1) is 25.3 Å². The molecule has 1 atom stereocenters. The number of hydrogen-bond donors (Lipinski definition) is 1. The van der Waals surface area contributed by atoms with E-state index in [4.69, 9.17) is 0 Å². The minimum Gasteiger partial charge on any atom is -0.467 e. The van der Waals surface area contributed by atoms with Gasteiger partial charge in [-0.3, -0.25) is 0 Å². The number of rotatable bonds is 4. The average Bonchev–Trinajstić information content (AvgIpc) is 2.64. The lowest BCUT2D eigenvalue weighted by atomic mass is 10.2. The minimum atomic E-state index is -1.24. The summed E-state index contributed by atoms with van der Waals surface area (Å²) in [4.78, 5) is 14.9. The van der Waals surface area contributed by atoms with Gasteiger partial charge in [-0.05, 0) is 6.42 Å². The van der Waals surface area contributed by atoms with Gasteiger partial charge in [0.2, 0.25) is 0 Å². The predicted octanol–water partition coefficient (Wildman–Crippen LogP) is 0.499. The molecule has 0 radical (unpaired) electrons. The first-order valence-corrected chi connectivity index (χ1v) is 4.46. The third-order valence-corrected chi connectivity index (χ3v) is 1.91. The van der Waals surface area contributed by atoms with E-state index in [-0.39, 0.29) is 0 Å². The highest BCUT2D eigenvalue weighted by atomic mass is 16.5. The molecular weight excluding hydrogens is 184 g/mol. The molecule has 0 amide bonds. The number of aromatic nitrogens is 2. The topological polar surface area (TPSA) is 64.3 Å². The van der Waals surface area contributed by atoms with Gasteiger partial charge in [-0.1, -0.05) is 6.92 Å². The van der Waals surface area contributed by atoms with Crippen LogP contribution in [0.15, 0.2) is 12.5 Å². The van der Waals surface area contributed by atoms with Crippen LogP contribution in [0.3, 0.4) is 0 Å². The minimum absolute atomic E-state index is 0.471. The van der Waals surface area contributed by atoms with Gasteiger partial charge < -0.3 is 14.4 Å². The van der Waals surface area contributed by atoms with Gasteiger partial charge >= 0.3 is 5.97 Å². The summed E-state index contributed by atoms with van der Waals surface area (Å²) in [6.07, 6.45) is 2.73. The summed E-state index contributed by atoms with van der Waals surface area (Å²) in [6, 6.07) is 0. The molecule has 0 aliphatic heterocycles. The van der Waals surface area contributed by atoms with Crippen LogP contribution in [0.2, 0.25) is 0 Å². The molecule has 0 aliphatic rings. The van der Waals surface area contributed by atoms with E-state index in [1.54, 1.807) is 10.9 Å². The maximum absolute atomic E-state index is 11.1. The van der Waals surface area contributed by atoms with Crippen LogP contribution in [-0.2, 0) is 16.1 Å². The van der Waals surface area contributed by atoms with Gasteiger partial charge in [0.15, 0.2) is 6.10 Å². The van der Waals surface area contributed by atoms with Crippen LogP contribution < -0.4 is 0 Å². The molecule has 1 aromatic heterocycles. The van der Waals surface area contributed by atoms with Crippen LogP contribution in [0.5, 0.6) is 0 Å². The number of carbonyl (C=O) groups is 1. The van der Waals surface area contributed by atoms with Crippen molar-refractivity contribution >= 4 is 5.97 Å². The van der Waals surface area contributed by atoms with E-state index in [1.165, 1.54) is 13.3 Å². The van der Waals surface area contributed by atoms with Crippen LogP contribution in [0.4, 0.5) is 0 Å². The Morgan fingerprint density at radius 2 is 2.50 bits per heavy atom. The molecule has 0 fully saturated rings. The van der Waals surface area contributed by atoms with E-state index >= 15 is 0 Å². The Morgan fingerprint density at radius 3 is 3.07 bits per heavy atom. The number of aryl methyl sites for hydroxylation is 1. The normalized spacial score (nSPS) is 12.5.